The van der Waals surface area contributed by atoms with Crippen LogP contribution < -0.4 is 14.4 Å². The van der Waals surface area contributed by atoms with Crippen molar-refractivity contribution in [1.29, 1.82) is 0 Å². The van der Waals surface area contributed by atoms with Gasteiger partial charge in [0, 0.05) is 18.0 Å². The van der Waals surface area contributed by atoms with Gasteiger partial charge >= 0.3 is 0 Å². The van der Waals surface area contributed by atoms with Crippen molar-refractivity contribution in [2.24, 2.45) is 0 Å². The molecule has 0 aliphatic rings. The highest BCUT2D eigenvalue weighted by Crippen LogP contribution is 2.25. The van der Waals surface area contributed by atoms with Crippen LogP contribution in [0.5, 0.6) is 5.75 Å². The van der Waals surface area contributed by atoms with Gasteiger partial charge in [0.05, 0.1) is 25.1 Å². The minimum atomic E-state index is -3.48. The Morgan fingerprint density at radius 2 is 1.97 bits per heavy atom. The van der Waals surface area contributed by atoms with Crippen LogP contribution in [0.1, 0.15) is 43.4 Å². The van der Waals surface area contributed by atoms with E-state index in [2.05, 4.69) is 5.32 Å². The lowest BCUT2D eigenvalue weighted by Gasteiger charge is -2.23. The first-order valence-corrected chi connectivity index (χ1v) is 12.1. The van der Waals surface area contributed by atoms with Gasteiger partial charge in [-0.1, -0.05) is 36.7 Å². The summed E-state index contributed by atoms with van der Waals surface area (Å²) in [6.07, 6.45) is 2.50. The maximum atomic E-state index is 12.5. The van der Waals surface area contributed by atoms with E-state index in [-0.39, 0.29) is 24.9 Å². The van der Waals surface area contributed by atoms with Gasteiger partial charge in [-0.2, -0.15) is 0 Å². The van der Waals surface area contributed by atoms with Crippen molar-refractivity contribution in [3.8, 4) is 5.75 Å². The maximum Gasteiger partial charge on any atom is 0.232 e. The number of hydrogen-bond acceptors (Lipinski definition) is 4. The molecule has 0 radical (unpaired) electrons. The van der Waals surface area contributed by atoms with Crippen LogP contribution in [0.25, 0.3) is 0 Å². The van der Waals surface area contributed by atoms with Gasteiger partial charge in [0.2, 0.25) is 15.9 Å². The molecule has 0 aliphatic heterocycles. The van der Waals surface area contributed by atoms with Crippen LogP contribution >= 0.6 is 11.6 Å². The Bertz CT molecular complexity index is 979. The molecule has 0 saturated heterocycles. The average molecular weight is 453 g/mol. The molecule has 164 valence electrons. The summed E-state index contributed by atoms with van der Waals surface area (Å²) in [5, 5.41) is 3.50. The summed E-state index contributed by atoms with van der Waals surface area (Å²) in [4.78, 5) is 12.5. The number of amides is 1. The van der Waals surface area contributed by atoms with Gasteiger partial charge in [0.25, 0.3) is 0 Å². The molecule has 1 atom stereocenters. The molecule has 0 unspecified atom stereocenters. The predicted octanol–water partition coefficient (Wildman–Crippen LogP) is 4.47. The van der Waals surface area contributed by atoms with Gasteiger partial charge in [0.15, 0.2) is 0 Å². The molecule has 0 fully saturated rings. The molecular formula is C22H29ClN2O4S. The number of halogens is 1. The Kier molecular flexibility index (Phi) is 8.55. The number of anilines is 1. The van der Waals surface area contributed by atoms with E-state index in [4.69, 9.17) is 16.3 Å². The number of methoxy groups -OCH3 is 1. The maximum absolute atomic E-state index is 12.5. The zero-order chi connectivity index (χ0) is 22.3. The first kappa shape index (κ1) is 24.0. The minimum Gasteiger partial charge on any atom is -0.496 e. The minimum absolute atomic E-state index is 0.110. The smallest absolute Gasteiger partial charge is 0.232 e. The fourth-order valence-corrected chi connectivity index (χ4v) is 4.45. The van der Waals surface area contributed by atoms with Gasteiger partial charge in [-0.25, -0.2) is 8.42 Å². The van der Waals surface area contributed by atoms with Crippen molar-refractivity contribution >= 4 is 33.2 Å². The number of nitrogens with one attached hydrogen (secondary N) is 1. The van der Waals surface area contributed by atoms with Crippen molar-refractivity contribution in [2.75, 3.05) is 24.2 Å². The number of aryl methyl sites for hydroxylation is 1. The molecule has 1 N–H and O–H groups in total. The van der Waals surface area contributed by atoms with Gasteiger partial charge in [-0.3, -0.25) is 9.10 Å². The van der Waals surface area contributed by atoms with E-state index in [1.165, 1.54) is 4.31 Å². The molecule has 0 saturated carbocycles. The third-order valence-electron chi connectivity index (χ3n) is 4.83. The topological polar surface area (TPSA) is 75.7 Å². The third-order valence-corrected chi connectivity index (χ3v) is 6.26. The number of rotatable bonds is 10. The highest BCUT2D eigenvalue weighted by atomic mass is 35.5. The number of hydrogen-bond donors (Lipinski definition) is 1. The molecular weight excluding hydrogens is 424 g/mol. The molecule has 1 amide bonds. The number of nitrogens with zero attached hydrogens (tertiary/aromatic N) is 1. The molecule has 2 rings (SSSR count). The number of carbonyl (C=O) groups excluding carboxylic acids is 1. The summed E-state index contributed by atoms with van der Waals surface area (Å²) < 4.78 is 30.9. The summed E-state index contributed by atoms with van der Waals surface area (Å²) in [5.41, 5.74) is 2.51. The van der Waals surface area contributed by atoms with E-state index in [9.17, 15) is 13.2 Å². The molecule has 8 heteroatoms. The molecule has 0 aromatic heterocycles. The summed E-state index contributed by atoms with van der Waals surface area (Å²) in [6.45, 7) is 4.17. The Morgan fingerprint density at radius 3 is 2.53 bits per heavy atom. The average Bonchev–Trinajstić information content (AvgIpc) is 2.68. The zero-order valence-corrected chi connectivity index (χ0v) is 19.4. The van der Waals surface area contributed by atoms with Crippen molar-refractivity contribution in [3.63, 3.8) is 0 Å². The van der Waals surface area contributed by atoms with E-state index in [1.54, 1.807) is 31.4 Å². The Hall–Kier alpha value is -2.25. The molecule has 2 aromatic carbocycles. The normalized spacial score (nSPS) is 12.3. The Balaban J connectivity index is 1.99. The van der Waals surface area contributed by atoms with Crippen molar-refractivity contribution in [1.82, 2.24) is 5.32 Å². The van der Waals surface area contributed by atoms with Crippen LogP contribution in [0.3, 0.4) is 0 Å². The van der Waals surface area contributed by atoms with Gasteiger partial charge in [-0.05, 0) is 55.2 Å². The quantitative estimate of drug-likeness (QED) is 0.577. The molecule has 30 heavy (non-hydrogen) atoms. The van der Waals surface area contributed by atoms with E-state index < -0.39 is 10.0 Å². The second kappa shape index (κ2) is 10.7. The van der Waals surface area contributed by atoms with Gasteiger partial charge in [0.1, 0.15) is 5.75 Å². The summed E-state index contributed by atoms with van der Waals surface area (Å²) in [5.74, 6) is 0.691. The van der Waals surface area contributed by atoms with Crippen LogP contribution in [-0.2, 0) is 14.8 Å². The molecule has 0 spiro atoms. The molecule has 0 bridgehead atoms. The lowest BCUT2D eigenvalue weighted by atomic mass is 10.0. The highest BCUT2D eigenvalue weighted by Gasteiger charge is 2.19. The van der Waals surface area contributed by atoms with Crippen LogP contribution in [-0.4, -0.2) is 34.2 Å². The van der Waals surface area contributed by atoms with Crippen LogP contribution in [0.4, 0.5) is 5.69 Å². The van der Waals surface area contributed by atoms with Crippen molar-refractivity contribution in [3.05, 3.63) is 58.6 Å². The second-order valence-corrected chi connectivity index (χ2v) is 9.52. The highest BCUT2D eigenvalue weighted by molar-refractivity contribution is 7.92. The molecule has 0 heterocycles. The first-order valence-electron chi connectivity index (χ1n) is 9.83. The number of ether oxygens (including phenoxy) is 1. The molecule has 2 aromatic rings. The Morgan fingerprint density at radius 1 is 1.23 bits per heavy atom. The fourth-order valence-electron chi connectivity index (χ4n) is 3.31. The monoisotopic (exact) mass is 452 g/mol. The van der Waals surface area contributed by atoms with Crippen LogP contribution in [0, 0.1) is 6.92 Å². The second-order valence-electron chi connectivity index (χ2n) is 7.18. The van der Waals surface area contributed by atoms with Crippen LogP contribution in [0.15, 0.2) is 42.5 Å². The summed E-state index contributed by atoms with van der Waals surface area (Å²) in [7, 11) is -1.85. The standard InChI is InChI=1S/C22H29ClN2O4S/c1-5-20(17-11-12-21(29-3)16(2)14-17)24-22(26)10-7-13-25(30(4,27)28)19-9-6-8-18(23)15-19/h6,8-9,11-12,14-15,20H,5,7,10,13H2,1-4H3,(H,24,26)/t20-/m1/s1. The fraction of sp³-hybridized carbons (Fsp3) is 0.409. The summed E-state index contributed by atoms with van der Waals surface area (Å²) in [6, 6.07) is 12.4. The number of sulfonamides is 1. The SMILES string of the molecule is CC[C@@H](NC(=O)CCCN(c1cccc(Cl)c1)S(C)(=O)=O)c1ccc(OC)c(C)c1. The first-order chi connectivity index (χ1) is 14.2. The lowest BCUT2D eigenvalue weighted by molar-refractivity contribution is -0.121. The Labute approximate surface area is 184 Å². The summed E-state index contributed by atoms with van der Waals surface area (Å²) >= 11 is 5.99. The van der Waals surface area contributed by atoms with Gasteiger partial charge in [-0.15, -0.1) is 0 Å². The van der Waals surface area contributed by atoms with Gasteiger partial charge < -0.3 is 10.1 Å². The number of carbonyl (C=O) groups is 1. The molecule has 6 nitrogen and oxygen atoms in total. The zero-order valence-electron chi connectivity index (χ0n) is 17.8. The van der Waals surface area contributed by atoms with E-state index in [0.29, 0.717) is 17.1 Å². The number of benzene rings is 2. The predicted molar refractivity (Wildman–Crippen MR) is 122 cm³/mol. The molecule has 0 aliphatic carbocycles. The lowest BCUT2D eigenvalue weighted by Crippen LogP contribution is -2.33. The van der Waals surface area contributed by atoms with Crippen molar-refractivity contribution < 1.29 is 17.9 Å². The third kappa shape index (κ3) is 6.64. The largest absolute Gasteiger partial charge is 0.496 e. The van der Waals surface area contributed by atoms with E-state index in [0.717, 1.165) is 29.6 Å². The van der Waals surface area contributed by atoms with Crippen LogP contribution in [0.2, 0.25) is 5.02 Å². The van der Waals surface area contributed by atoms with Crippen molar-refractivity contribution in [2.45, 2.75) is 39.2 Å². The van der Waals surface area contributed by atoms with E-state index >= 15 is 0 Å². The van der Waals surface area contributed by atoms with E-state index in [1.807, 2.05) is 32.0 Å².